The highest BCUT2D eigenvalue weighted by Crippen LogP contribution is 2.43. The molecule has 0 aromatic heterocycles. The molecule has 2 aliphatic rings. The number of aliphatic hydroxyl groups is 2. The SMILES string of the molecule is COC(=O)[C@]1(Cc2ccc3c(c2)CC(C(C)(C)O)O3)OC(=O)C(O)=C1c1ccccc1. The van der Waals surface area contributed by atoms with Crippen LogP contribution in [0.2, 0.25) is 0 Å². The van der Waals surface area contributed by atoms with Gasteiger partial charge in [0.05, 0.1) is 18.3 Å². The number of carbonyl (C=O) groups excluding carboxylic acids is 2. The fourth-order valence-electron chi connectivity index (χ4n) is 4.12. The minimum absolute atomic E-state index is 0.0276. The van der Waals surface area contributed by atoms with Crippen molar-refractivity contribution in [3.63, 3.8) is 0 Å². The summed E-state index contributed by atoms with van der Waals surface area (Å²) < 4.78 is 16.3. The molecule has 1 unspecified atom stereocenters. The van der Waals surface area contributed by atoms with Crippen molar-refractivity contribution in [2.24, 2.45) is 0 Å². The molecule has 0 bridgehead atoms. The predicted octanol–water partition coefficient (Wildman–Crippen LogP) is 2.74. The number of benzene rings is 2. The van der Waals surface area contributed by atoms with Crippen molar-refractivity contribution in [1.29, 1.82) is 0 Å². The van der Waals surface area contributed by atoms with Crippen LogP contribution in [0.4, 0.5) is 0 Å². The molecule has 31 heavy (non-hydrogen) atoms. The van der Waals surface area contributed by atoms with Crippen molar-refractivity contribution < 1.29 is 34.0 Å². The number of methoxy groups -OCH3 is 1. The lowest BCUT2D eigenvalue weighted by atomic mass is 9.83. The second-order valence-corrected chi connectivity index (χ2v) is 8.38. The molecule has 7 heteroatoms. The van der Waals surface area contributed by atoms with Gasteiger partial charge < -0.3 is 24.4 Å². The van der Waals surface area contributed by atoms with E-state index < -0.39 is 28.9 Å². The molecule has 2 N–H and O–H groups in total. The summed E-state index contributed by atoms with van der Waals surface area (Å²) in [4.78, 5) is 25.3. The van der Waals surface area contributed by atoms with Crippen LogP contribution >= 0.6 is 0 Å². The quantitative estimate of drug-likeness (QED) is 0.712. The van der Waals surface area contributed by atoms with Gasteiger partial charge in [0.25, 0.3) is 0 Å². The molecule has 0 spiro atoms. The van der Waals surface area contributed by atoms with Crippen LogP contribution in [0.25, 0.3) is 5.57 Å². The lowest BCUT2D eigenvalue weighted by Gasteiger charge is -2.28. The molecule has 0 amide bonds. The molecule has 2 heterocycles. The van der Waals surface area contributed by atoms with Gasteiger partial charge in [-0.05, 0) is 36.6 Å². The molecule has 0 saturated heterocycles. The third-order valence-electron chi connectivity index (χ3n) is 5.72. The molecule has 2 atom stereocenters. The van der Waals surface area contributed by atoms with E-state index in [2.05, 4.69) is 0 Å². The van der Waals surface area contributed by atoms with E-state index in [1.54, 1.807) is 56.3 Å². The maximum absolute atomic E-state index is 12.9. The number of hydrogen-bond acceptors (Lipinski definition) is 7. The Morgan fingerprint density at radius 3 is 2.58 bits per heavy atom. The molecule has 2 aliphatic heterocycles. The number of carbonyl (C=O) groups is 2. The Kier molecular flexibility index (Phi) is 5.01. The Bertz CT molecular complexity index is 1070. The first-order valence-electron chi connectivity index (χ1n) is 9.97. The van der Waals surface area contributed by atoms with Gasteiger partial charge in [-0.15, -0.1) is 0 Å². The monoisotopic (exact) mass is 424 g/mol. The fourth-order valence-corrected chi connectivity index (χ4v) is 4.12. The molecular formula is C24H24O7. The summed E-state index contributed by atoms with van der Waals surface area (Å²) in [6.07, 6.45) is 0.0882. The topological polar surface area (TPSA) is 102 Å². The van der Waals surface area contributed by atoms with Gasteiger partial charge in [0.2, 0.25) is 11.4 Å². The second-order valence-electron chi connectivity index (χ2n) is 8.38. The summed E-state index contributed by atoms with van der Waals surface area (Å²) in [6.45, 7) is 3.38. The predicted molar refractivity (Wildman–Crippen MR) is 111 cm³/mol. The normalized spacial score (nSPS) is 22.7. The standard InChI is InChI=1S/C24H24O7/c1-23(2,28)18-12-16-11-14(9-10-17(16)30-18)13-24(22(27)29-3)19(20(25)21(26)31-24)15-7-5-4-6-8-15/h4-11,18,25,28H,12-13H2,1-3H3/t18?,24-/m1/s1. The van der Waals surface area contributed by atoms with Gasteiger partial charge in [-0.25, -0.2) is 9.59 Å². The van der Waals surface area contributed by atoms with E-state index in [4.69, 9.17) is 14.2 Å². The second kappa shape index (κ2) is 7.42. The van der Waals surface area contributed by atoms with E-state index in [1.165, 1.54) is 7.11 Å². The molecule has 0 fully saturated rings. The number of rotatable bonds is 5. The van der Waals surface area contributed by atoms with E-state index >= 15 is 0 Å². The summed E-state index contributed by atoms with van der Waals surface area (Å²) in [5, 5.41) is 20.8. The molecular weight excluding hydrogens is 400 g/mol. The third-order valence-corrected chi connectivity index (χ3v) is 5.72. The van der Waals surface area contributed by atoms with Crippen LogP contribution in [0, 0.1) is 0 Å². The number of aliphatic hydroxyl groups excluding tert-OH is 1. The molecule has 4 rings (SSSR count). The molecule has 2 aromatic rings. The number of hydrogen-bond donors (Lipinski definition) is 2. The molecule has 0 saturated carbocycles. The van der Waals surface area contributed by atoms with Gasteiger partial charge >= 0.3 is 11.9 Å². The van der Waals surface area contributed by atoms with E-state index in [0.29, 0.717) is 23.3 Å². The van der Waals surface area contributed by atoms with Crippen molar-refractivity contribution in [2.45, 2.75) is 44.0 Å². The summed E-state index contributed by atoms with van der Waals surface area (Å²) in [7, 11) is 1.21. The zero-order valence-corrected chi connectivity index (χ0v) is 17.5. The minimum atomic E-state index is -1.82. The Hall–Kier alpha value is -3.32. The van der Waals surface area contributed by atoms with Gasteiger partial charge in [0.15, 0.2) is 0 Å². The van der Waals surface area contributed by atoms with Crippen molar-refractivity contribution in [2.75, 3.05) is 7.11 Å². The van der Waals surface area contributed by atoms with E-state index in [9.17, 15) is 19.8 Å². The van der Waals surface area contributed by atoms with Crippen molar-refractivity contribution in [3.05, 3.63) is 71.0 Å². The van der Waals surface area contributed by atoms with Crippen molar-refractivity contribution in [3.8, 4) is 5.75 Å². The Balaban J connectivity index is 1.75. The summed E-state index contributed by atoms with van der Waals surface area (Å²) in [6, 6.07) is 14.0. The zero-order valence-electron chi connectivity index (χ0n) is 17.5. The van der Waals surface area contributed by atoms with Gasteiger partial charge in [-0.1, -0.05) is 42.5 Å². The number of fused-ring (bicyclic) bond motifs is 1. The summed E-state index contributed by atoms with van der Waals surface area (Å²) >= 11 is 0. The number of esters is 2. The maximum atomic E-state index is 12.9. The Morgan fingerprint density at radius 2 is 1.94 bits per heavy atom. The van der Waals surface area contributed by atoms with Crippen LogP contribution < -0.4 is 4.74 Å². The van der Waals surface area contributed by atoms with Crippen LogP contribution in [-0.2, 0) is 31.9 Å². The van der Waals surface area contributed by atoms with E-state index in [0.717, 1.165) is 5.56 Å². The van der Waals surface area contributed by atoms with Crippen molar-refractivity contribution in [1.82, 2.24) is 0 Å². The smallest absolute Gasteiger partial charge is 0.375 e. The summed E-state index contributed by atoms with van der Waals surface area (Å²) in [5.74, 6) is -1.71. The first-order valence-corrected chi connectivity index (χ1v) is 9.97. The fraction of sp³-hybridized carbons (Fsp3) is 0.333. The highest BCUT2D eigenvalue weighted by atomic mass is 16.6. The zero-order chi connectivity index (χ0) is 22.4. The molecule has 7 nitrogen and oxygen atoms in total. The third kappa shape index (κ3) is 3.55. The first kappa shape index (κ1) is 20.9. The van der Waals surface area contributed by atoms with Crippen LogP contribution in [0.5, 0.6) is 5.75 Å². The lowest BCUT2D eigenvalue weighted by molar-refractivity contribution is -0.169. The van der Waals surface area contributed by atoms with Crippen LogP contribution in [0.3, 0.4) is 0 Å². The average molecular weight is 424 g/mol. The van der Waals surface area contributed by atoms with Crippen molar-refractivity contribution >= 4 is 17.5 Å². The highest BCUT2D eigenvalue weighted by molar-refractivity contribution is 6.11. The number of ether oxygens (including phenoxy) is 3. The van der Waals surface area contributed by atoms with E-state index in [-0.39, 0.29) is 18.1 Å². The van der Waals surface area contributed by atoms with Gasteiger partial charge in [0, 0.05) is 12.8 Å². The van der Waals surface area contributed by atoms with Crippen LogP contribution in [0.1, 0.15) is 30.5 Å². The average Bonchev–Trinajstić information content (AvgIpc) is 3.27. The largest absolute Gasteiger partial charge is 0.502 e. The molecule has 2 aromatic carbocycles. The molecule has 162 valence electrons. The molecule has 0 radical (unpaired) electrons. The van der Waals surface area contributed by atoms with Gasteiger partial charge in [0.1, 0.15) is 11.9 Å². The lowest BCUT2D eigenvalue weighted by Crippen LogP contribution is -2.44. The Labute approximate surface area is 179 Å². The Morgan fingerprint density at radius 1 is 1.23 bits per heavy atom. The van der Waals surface area contributed by atoms with Crippen LogP contribution in [0.15, 0.2) is 54.3 Å². The number of cyclic esters (lactones) is 1. The molecule has 0 aliphatic carbocycles. The summed E-state index contributed by atoms with van der Waals surface area (Å²) in [5.41, 5.74) is -0.689. The van der Waals surface area contributed by atoms with Gasteiger partial charge in [-0.2, -0.15) is 0 Å². The first-order chi connectivity index (χ1) is 14.7. The van der Waals surface area contributed by atoms with E-state index in [1.807, 2.05) is 6.07 Å². The minimum Gasteiger partial charge on any atom is -0.502 e. The van der Waals surface area contributed by atoms with Gasteiger partial charge in [-0.3, -0.25) is 0 Å². The maximum Gasteiger partial charge on any atom is 0.375 e. The highest BCUT2D eigenvalue weighted by Gasteiger charge is 2.55. The van der Waals surface area contributed by atoms with Crippen LogP contribution in [-0.4, -0.2) is 46.6 Å².